The van der Waals surface area contributed by atoms with Crippen molar-refractivity contribution >= 4 is 22.5 Å². The van der Waals surface area contributed by atoms with Crippen LogP contribution in [0, 0.1) is 6.92 Å². The maximum atomic E-state index is 10.9. The van der Waals surface area contributed by atoms with E-state index in [0.717, 1.165) is 11.1 Å². The van der Waals surface area contributed by atoms with E-state index >= 15 is 0 Å². The molecule has 10 heteroatoms. The van der Waals surface area contributed by atoms with Gasteiger partial charge in [-0.25, -0.2) is 0 Å². The zero-order valence-corrected chi connectivity index (χ0v) is 18.0. The number of nitrogens with one attached hydrogen (secondary N) is 1. The third kappa shape index (κ3) is 4.20. The third-order valence-corrected chi connectivity index (χ3v) is 5.90. The summed E-state index contributed by atoms with van der Waals surface area (Å²) >= 11 is 5.94. The first-order chi connectivity index (χ1) is 15.2. The van der Waals surface area contributed by atoms with Crippen molar-refractivity contribution in [3.8, 4) is 5.75 Å². The van der Waals surface area contributed by atoms with E-state index in [9.17, 15) is 25.5 Å². The van der Waals surface area contributed by atoms with Crippen molar-refractivity contribution in [3.63, 3.8) is 0 Å². The van der Waals surface area contributed by atoms with E-state index in [-0.39, 0.29) is 5.75 Å². The number of halogens is 1. The average molecular weight is 465 g/mol. The van der Waals surface area contributed by atoms with Gasteiger partial charge in [0.1, 0.15) is 18.0 Å². The summed E-state index contributed by atoms with van der Waals surface area (Å²) in [6.07, 6.45) is -5.70. The van der Waals surface area contributed by atoms with Gasteiger partial charge in [0.25, 0.3) is 5.79 Å². The Labute approximate surface area is 188 Å². The molecular formula is C22H25ClN2O7. The Hall–Kier alpha value is -2.24. The summed E-state index contributed by atoms with van der Waals surface area (Å²) in [4.78, 5) is 0. The summed E-state index contributed by atoms with van der Waals surface area (Å²) in [6, 6.07) is 10.9. The van der Waals surface area contributed by atoms with E-state index in [1.165, 1.54) is 0 Å². The minimum atomic E-state index is -2.67. The number of hydrogen-bond donors (Lipinski definition) is 6. The first-order valence-corrected chi connectivity index (χ1v) is 10.5. The number of aromatic nitrogens is 2. The zero-order valence-electron chi connectivity index (χ0n) is 17.3. The molecular weight excluding hydrogens is 440 g/mol. The van der Waals surface area contributed by atoms with Crippen molar-refractivity contribution < 1.29 is 35.0 Å². The molecule has 1 aliphatic rings. The Morgan fingerprint density at radius 1 is 1.16 bits per heavy atom. The molecule has 2 aromatic carbocycles. The first-order valence-electron chi connectivity index (χ1n) is 10.2. The molecule has 0 bridgehead atoms. The molecule has 6 N–H and O–H groups in total. The van der Waals surface area contributed by atoms with Crippen molar-refractivity contribution in [2.45, 2.75) is 50.2 Å². The monoisotopic (exact) mass is 464 g/mol. The Morgan fingerprint density at radius 2 is 1.88 bits per heavy atom. The number of nitrogens with zero attached hydrogens (tertiary/aromatic N) is 1. The van der Waals surface area contributed by atoms with Crippen molar-refractivity contribution in [2.24, 2.45) is 0 Å². The molecule has 32 heavy (non-hydrogen) atoms. The van der Waals surface area contributed by atoms with Crippen LogP contribution in [-0.2, 0) is 17.6 Å². The molecule has 1 fully saturated rings. The Balaban J connectivity index is 1.66. The molecule has 0 amide bonds. The first kappa shape index (κ1) is 22.9. The molecule has 3 aromatic rings. The Morgan fingerprint density at radius 3 is 2.56 bits per heavy atom. The molecule has 0 saturated carbocycles. The van der Waals surface area contributed by atoms with Crippen molar-refractivity contribution in [3.05, 3.63) is 58.2 Å². The normalized spacial score (nSPS) is 28.2. The number of aryl methyl sites for hydroxylation is 3. The van der Waals surface area contributed by atoms with Gasteiger partial charge in [-0.1, -0.05) is 23.7 Å². The second kappa shape index (κ2) is 8.95. The van der Waals surface area contributed by atoms with E-state index in [1.807, 2.05) is 37.3 Å². The second-order valence-electron chi connectivity index (χ2n) is 7.98. The molecule has 1 aliphatic heterocycles. The fourth-order valence-electron chi connectivity index (χ4n) is 3.87. The number of hydrogen-bond acceptors (Lipinski definition) is 8. The van der Waals surface area contributed by atoms with Crippen LogP contribution in [0.15, 0.2) is 36.4 Å². The molecule has 0 aliphatic carbocycles. The predicted octanol–water partition coefficient (Wildman–Crippen LogP) is 0.809. The van der Waals surface area contributed by atoms with Crippen LogP contribution in [-0.4, -0.2) is 72.7 Å². The highest BCUT2D eigenvalue weighted by atomic mass is 35.5. The van der Waals surface area contributed by atoms with Crippen LogP contribution in [0.25, 0.3) is 10.9 Å². The number of fused-ring (bicyclic) bond motifs is 1. The molecule has 0 unspecified atom stereocenters. The summed E-state index contributed by atoms with van der Waals surface area (Å²) in [5.41, 5.74) is 3.13. The molecule has 0 spiro atoms. The van der Waals surface area contributed by atoms with E-state index in [2.05, 4.69) is 10.2 Å². The smallest absolute Gasteiger partial charge is 0.288 e. The van der Waals surface area contributed by atoms with Gasteiger partial charge in [0.15, 0.2) is 6.10 Å². The van der Waals surface area contributed by atoms with E-state index in [4.69, 9.17) is 21.1 Å². The lowest BCUT2D eigenvalue weighted by molar-refractivity contribution is -0.385. The number of aromatic amines is 1. The summed E-state index contributed by atoms with van der Waals surface area (Å²) in [5, 5.41) is 59.6. The van der Waals surface area contributed by atoms with Gasteiger partial charge in [-0.05, 0) is 55.2 Å². The largest absolute Gasteiger partial charge is 0.453 e. The van der Waals surface area contributed by atoms with Crippen LogP contribution in [0.3, 0.4) is 0 Å². The molecule has 172 valence electrons. The standard InChI is InChI=1S/C22H25ClN2O7/c1-11-8-15-18(14(24-25-15)7-4-12-2-5-13(23)6-3-12)16(9-11)32-22(30)20(28)19(27)17(10-26)31-21(22)29/h2-3,5-6,8-9,17,19-21,26-30H,4,7,10H2,1H3,(H,24,25)/t17-,19-,20+,21-,22+/m1/s1. The zero-order chi connectivity index (χ0) is 23.0. The Bertz CT molecular complexity index is 1090. The van der Waals surface area contributed by atoms with Gasteiger partial charge >= 0.3 is 0 Å². The quantitative estimate of drug-likeness (QED) is 0.293. The van der Waals surface area contributed by atoms with E-state index in [1.54, 1.807) is 6.07 Å². The maximum absolute atomic E-state index is 10.9. The predicted molar refractivity (Wildman–Crippen MR) is 115 cm³/mol. The summed E-state index contributed by atoms with van der Waals surface area (Å²) < 4.78 is 10.8. The van der Waals surface area contributed by atoms with Crippen LogP contribution in [0.5, 0.6) is 5.75 Å². The topological polar surface area (TPSA) is 148 Å². The van der Waals surface area contributed by atoms with E-state index in [0.29, 0.717) is 34.5 Å². The lowest BCUT2D eigenvalue weighted by atomic mass is 9.95. The molecule has 4 rings (SSSR count). The number of H-pyrrole nitrogens is 1. The van der Waals surface area contributed by atoms with Gasteiger partial charge in [-0.3, -0.25) is 5.10 Å². The molecule has 5 atom stereocenters. The van der Waals surface area contributed by atoms with Gasteiger partial charge in [-0.15, -0.1) is 0 Å². The molecule has 1 aromatic heterocycles. The number of aliphatic hydroxyl groups excluding tert-OH is 4. The molecule has 0 radical (unpaired) electrons. The molecule has 1 saturated heterocycles. The number of ether oxygens (including phenoxy) is 2. The highest BCUT2D eigenvalue weighted by Gasteiger charge is 2.57. The highest BCUT2D eigenvalue weighted by Crippen LogP contribution is 2.36. The van der Waals surface area contributed by atoms with Crippen molar-refractivity contribution in [2.75, 3.05) is 6.61 Å². The highest BCUT2D eigenvalue weighted by molar-refractivity contribution is 6.30. The summed E-state index contributed by atoms with van der Waals surface area (Å²) in [7, 11) is 0. The van der Waals surface area contributed by atoms with Crippen LogP contribution in [0.4, 0.5) is 0 Å². The second-order valence-corrected chi connectivity index (χ2v) is 8.42. The van der Waals surface area contributed by atoms with Crippen LogP contribution in [0.1, 0.15) is 16.8 Å². The van der Waals surface area contributed by atoms with Crippen molar-refractivity contribution in [1.82, 2.24) is 10.2 Å². The minimum Gasteiger partial charge on any atom is -0.453 e. The van der Waals surface area contributed by atoms with Crippen LogP contribution in [0.2, 0.25) is 5.02 Å². The van der Waals surface area contributed by atoms with Gasteiger partial charge in [-0.2, -0.15) is 5.10 Å². The molecule has 2 heterocycles. The number of rotatable bonds is 6. The number of benzene rings is 2. The lowest BCUT2D eigenvalue weighted by Gasteiger charge is -2.45. The summed E-state index contributed by atoms with van der Waals surface area (Å²) in [5.74, 6) is -2.52. The Kier molecular flexibility index (Phi) is 6.42. The summed E-state index contributed by atoms with van der Waals surface area (Å²) in [6.45, 7) is 1.15. The average Bonchev–Trinajstić information content (AvgIpc) is 3.17. The van der Waals surface area contributed by atoms with Gasteiger partial charge in [0.05, 0.1) is 23.2 Å². The maximum Gasteiger partial charge on any atom is 0.288 e. The fraction of sp³-hybridized carbons (Fsp3) is 0.409. The number of aliphatic hydroxyl groups is 5. The van der Waals surface area contributed by atoms with Gasteiger partial charge < -0.3 is 35.0 Å². The van der Waals surface area contributed by atoms with Crippen LogP contribution < -0.4 is 4.74 Å². The third-order valence-electron chi connectivity index (χ3n) is 5.65. The minimum absolute atomic E-state index is 0.152. The molecule has 9 nitrogen and oxygen atoms in total. The van der Waals surface area contributed by atoms with Gasteiger partial charge in [0.2, 0.25) is 6.29 Å². The van der Waals surface area contributed by atoms with Crippen molar-refractivity contribution in [1.29, 1.82) is 0 Å². The van der Waals surface area contributed by atoms with Gasteiger partial charge in [0, 0.05) is 5.02 Å². The van der Waals surface area contributed by atoms with Crippen LogP contribution >= 0.6 is 11.6 Å². The fourth-order valence-corrected chi connectivity index (χ4v) is 4.00. The SMILES string of the molecule is Cc1cc(O[C@]2(O)[C@H](O)O[C@H](CO)[C@@H](O)[C@@H]2O)c2c(CCc3ccc(Cl)cc3)n[nH]c2c1. The van der Waals surface area contributed by atoms with E-state index < -0.39 is 37.0 Å². The lowest BCUT2D eigenvalue weighted by Crippen LogP contribution is -2.69.